The Kier molecular flexibility index (Phi) is 6.37. The quantitative estimate of drug-likeness (QED) is 0.781. The molecule has 0 aliphatic carbocycles. The molecule has 7 heteroatoms. The Morgan fingerprint density at radius 1 is 1.37 bits per heavy atom. The molecule has 1 N–H and O–H groups in total. The molecular formula is C12H16ClF3N2O. The van der Waals surface area contributed by atoms with E-state index >= 15 is 0 Å². The number of nitrogens with zero attached hydrogens (tertiary/aromatic N) is 1. The molecule has 0 aliphatic rings. The third-order valence-corrected chi connectivity index (χ3v) is 2.63. The second kappa shape index (κ2) is 7.55. The molecule has 1 aromatic rings. The average molecular weight is 297 g/mol. The summed E-state index contributed by atoms with van der Waals surface area (Å²) in [4.78, 5) is 4.15. The first-order valence-corrected chi connectivity index (χ1v) is 6.36. The van der Waals surface area contributed by atoms with Crippen molar-refractivity contribution in [2.45, 2.75) is 32.5 Å². The van der Waals surface area contributed by atoms with Gasteiger partial charge in [0.25, 0.3) is 0 Å². The summed E-state index contributed by atoms with van der Waals surface area (Å²) in [5.41, 5.74) is 0.622. The summed E-state index contributed by atoms with van der Waals surface area (Å²) < 4.78 is 41.0. The molecule has 0 saturated heterocycles. The third kappa shape index (κ3) is 6.63. The van der Waals surface area contributed by atoms with Crippen molar-refractivity contribution >= 4 is 11.6 Å². The molecule has 0 unspecified atom stereocenters. The second-order valence-electron chi connectivity index (χ2n) is 3.93. The minimum absolute atomic E-state index is 0.0191. The number of ether oxygens (including phenoxy) is 1. The molecule has 1 rings (SSSR count). The Hall–Kier alpha value is -1.01. The van der Waals surface area contributed by atoms with E-state index < -0.39 is 12.6 Å². The molecule has 0 fully saturated rings. The van der Waals surface area contributed by atoms with Crippen LogP contribution in [0.25, 0.3) is 0 Å². The lowest BCUT2D eigenvalue weighted by Crippen LogP contribution is -2.14. The van der Waals surface area contributed by atoms with E-state index in [4.69, 9.17) is 16.3 Å². The van der Waals surface area contributed by atoms with E-state index in [0.29, 0.717) is 23.1 Å². The molecule has 0 bridgehead atoms. The van der Waals surface area contributed by atoms with Crippen LogP contribution in [0.15, 0.2) is 12.1 Å². The topological polar surface area (TPSA) is 34.2 Å². The largest absolute Gasteiger partial charge is 0.478 e. The lowest BCUT2D eigenvalue weighted by atomic mass is 10.3. The van der Waals surface area contributed by atoms with Gasteiger partial charge >= 0.3 is 6.18 Å². The van der Waals surface area contributed by atoms with Gasteiger partial charge in [-0.05, 0) is 19.0 Å². The van der Waals surface area contributed by atoms with Crippen molar-refractivity contribution < 1.29 is 17.9 Å². The zero-order chi connectivity index (χ0) is 14.3. The predicted octanol–water partition coefficient (Wildman–Crippen LogP) is 3.57. The highest BCUT2D eigenvalue weighted by Crippen LogP contribution is 2.22. The van der Waals surface area contributed by atoms with Gasteiger partial charge in [0.15, 0.2) is 0 Å². The van der Waals surface area contributed by atoms with Gasteiger partial charge in [-0.2, -0.15) is 13.2 Å². The smallest absolute Gasteiger partial charge is 0.389 e. The van der Waals surface area contributed by atoms with Gasteiger partial charge in [-0.25, -0.2) is 4.98 Å². The van der Waals surface area contributed by atoms with Crippen molar-refractivity contribution in [3.63, 3.8) is 0 Å². The number of hydrogen-bond acceptors (Lipinski definition) is 3. The maximum atomic E-state index is 11.9. The SMILES string of the molecule is CCNCc1nc(OCCCC(F)(F)F)ccc1Cl. The van der Waals surface area contributed by atoms with Crippen LogP contribution in [0.5, 0.6) is 5.88 Å². The van der Waals surface area contributed by atoms with Crippen LogP contribution in [0.1, 0.15) is 25.5 Å². The van der Waals surface area contributed by atoms with Crippen molar-refractivity contribution in [2.24, 2.45) is 0 Å². The first-order valence-electron chi connectivity index (χ1n) is 5.98. The first kappa shape index (κ1) is 16.0. The van der Waals surface area contributed by atoms with Gasteiger partial charge in [-0.3, -0.25) is 0 Å². The summed E-state index contributed by atoms with van der Waals surface area (Å²) in [7, 11) is 0. The van der Waals surface area contributed by atoms with E-state index in [1.54, 1.807) is 12.1 Å². The average Bonchev–Trinajstić information content (AvgIpc) is 2.33. The van der Waals surface area contributed by atoms with E-state index in [0.717, 1.165) is 6.54 Å². The van der Waals surface area contributed by atoms with Crippen LogP contribution in [0, 0.1) is 0 Å². The fourth-order valence-corrected chi connectivity index (χ4v) is 1.53. The molecule has 0 radical (unpaired) electrons. The van der Waals surface area contributed by atoms with Crippen LogP contribution in [0.3, 0.4) is 0 Å². The molecule has 108 valence electrons. The number of alkyl halides is 3. The van der Waals surface area contributed by atoms with Gasteiger partial charge in [-0.1, -0.05) is 18.5 Å². The fraction of sp³-hybridized carbons (Fsp3) is 0.583. The zero-order valence-electron chi connectivity index (χ0n) is 10.6. The Bertz CT molecular complexity index is 399. The van der Waals surface area contributed by atoms with Gasteiger partial charge in [0.2, 0.25) is 5.88 Å². The maximum Gasteiger partial charge on any atom is 0.389 e. The molecule has 0 saturated carbocycles. The zero-order valence-corrected chi connectivity index (χ0v) is 11.3. The molecule has 0 aromatic carbocycles. The minimum Gasteiger partial charge on any atom is -0.478 e. The van der Waals surface area contributed by atoms with Crippen molar-refractivity contribution in [3.05, 3.63) is 22.8 Å². The van der Waals surface area contributed by atoms with Gasteiger partial charge in [0.05, 0.1) is 17.3 Å². The maximum absolute atomic E-state index is 11.9. The highest BCUT2D eigenvalue weighted by atomic mass is 35.5. The number of nitrogens with one attached hydrogen (secondary N) is 1. The standard InChI is InChI=1S/C12H16ClF3N2O/c1-2-17-8-10-9(13)4-5-11(18-10)19-7-3-6-12(14,15)16/h4-5,17H,2-3,6-8H2,1H3. The molecule has 3 nitrogen and oxygen atoms in total. The van der Waals surface area contributed by atoms with Crippen LogP contribution in [-0.4, -0.2) is 24.3 Å². The lowest BCUT2D eigenvalue weighted by Gasteiger charge is -2.09. The lowest BCUT2D eigenvalue weighted by molar-refractivity contribution is -0.136. The Morgan fingerprint density at radius 3 is 2.74 bits per heavy atom. The summed E-state index contributed by atoms with van der Waals surface area (Å²) in [5.74, 6) is 0.291. The van der Waals surface area contributed by atoms with E-state index in [1.807, 2.05) is 6.92 Å². The molecular weight excluding hydrogens is 281 g/mol. The number of hydrogen-bond donors (Lipinski definition) is 1. The normalized spacial score (nSPS) is 11.6. The van der Waals surface area contributed by atoms with E-state index in [2.05, 4.69) is 10.3 Å². The van der Waals surface area contributed by atoms with E-state index in [9.17, 15) is 13.2 Å². The first-order chi connectivity index (χ1) is 8.92. The van der Waals surface area contributed by atoms with Crippen LogP contribution >= 0.6 is 11.6 Å². The van der Waals surface area contributed by atoms with Crippen LogP contribution in [0.4, 0.5) is 13.2 Å². The molecule has 0 aliphatic heterocycles. The number of halogens is 4. The monoisotopic (exact) mass is 296 g/mol. The molecule has 19 heavy (non-hydrogen) atoms. The van der Waals surface area contributed by atoms with Gasteiger partial charge in [-0.15, -0.1) is 0 Å². The van der Waals surface area contributed by atoms with Crippen molar-refractivity contribution in [3.8, 4) is 5.88 Å². The molecule has 1 aromatic heterocycles. The Balaban J connectivity index is 2.45. The Morgan fingerprint density at radius 2 is 2.11 bits per heavy atom. The molecule has 0 amide bonds. The second-order valence-corrected chi connectivity index (χ2v) is 4.33. The molecule has 0 spiro atoms. The predicted molar refractivity (Wildman–Crippen MR) is 67.4 cm³/mol. The van der Waals surface area contributed by atoms with E-state index in [1.165, 1.54) is 0 Å². The highest BCUT2D eigenvalue weighted by Gasteiger charge is 2.26. The minimum atomic E-state index is -4.15. The van der Waals surface area contributed by atoms with Crippen molar-refractivity contribution in [2.75, 3.05) is 13.2 Å². The number of aromatic nitrogens is 1. The van der Waals surface area contributed by atoms with Gasteiger partial charge in [0.1, 0.15) is 0 Å². The third-order valence-electron chi connectivity index (χ3n) is 2.29. The van der Waals surface area contributed by atoms with Gasteiger partial charge < -0.3 is 10.1 Å². The molecule has 0 atom stereocenters. The van der Waals surface area contributed by atoms with Crippen molar-refractivity contribution in [1.82, 2.24) is 10.3 Å². The van der Waals surface area contributed by atoms with Crippen LogP contribution in [0.2, 0.25) is 5.02 Å². The van der Waals surface area contributed by atoms with Crippen molar-refractivity contribution in [1.29, 1.82) is 0 Å². The van der Waals surface area contributed by atoms with Crippen LogP contribution in [-0.2, 0) is 6.54 Å². The van der Waals surface area contributed by atoms with E-state index in [-0.39, 0.29) is 13.0 Å². The summed E-state index contributed by atoms with van der Waals surface area (Å²) >= 11 is 5.95. The Labute approximate surface area is 115 Å². The summed E-state index contributed by atoms with van der Waals surface area (Å²) in [6, 6.07) is 3.17. The summed E-state index contributed by atoms with van der Waals surface area (Å²) in [6.07, 6.45) is -5.09. The highest BCUT2D eigenvalue weighted by molar-refractivity contribution is 6.31. The summed E-state index contributed by atoms with van der Waals surface area (Å²) in [6.45, 7) is 3.20. The summed E-state index contributed by atoms with van der Waals surface area (Å²) in [5, 5.41) is 3.57. The van der Waals surface area contributed by atoms with Crippen LogP contribution < -0.4 is 10.1 Å². The number of pyridine rings is 1. The van der Waals surface area contributed by atoms with Gasteiger partial charge in [0, 0.05) is 19.0 Å². The number of rotatable bonds is 7. The molecule has 1 heterocycles. The fourth-order valence-electron chi connectivity index (χ4n) is 1.36.